The fraction of sp³-hybridized carbons (Fsp3) is 0.786. The van der Waals surface area contributed by atoms with Crippen LogP contribution in [0.25, 0.3) is 0 Å². The highest BCUT2D eigenvalue weighted by Gasteiger charge is 2.26. The van der Waals surface area contributed by atoms with Crippen molar-refractivity contribution in [1.29, 1.82) is 0 Å². The number of alkyl halides is 3. The summed E-state index contributed by atoms with van der Waals surface area (Å²) in [7, 11) is 0. The molecule has 3 nitrogen and oxygen atoms in total. The summed E-state index contributed by atoms with van der Waals surface area (Å²) < 4.78 is 36.2. The van der Waals surface area contributed by atoms with Gasteiger partial charge >= 0.3 is 6.18 Å². The van der Waals surface area contributed by atoms with Gasteiger partial charge in [-0.3, -0.25) is 4.99 Å². The third-order valence-corrected chi connectivity index (χ3v) is 3.13. The third kappa shape index (κ3) is 8.07. The SMILES string of the molecule is CCNC(=NCCC(F)(F)F)NCCC1=CCCCC1. The quantitative estimate of drug-likeness (QED) is 0.447. The zero-order valence-electron chi connectivity index (χ0n) is 12.0. The van der Waals surface area contributed by atoms with Crippen molar-refractivity contribution < 1.29 is 13.2 Å². The van der Waals surface area contributed by atoms with Crippen LogP contribution in [0.2, 0.25) is 0 Å². The molecule has 0 aromatic heterocycles. The molecule has 0 saturated carbocycles. The zero-order chi connectivity index (χ0) is 14.8. The monoisotopic (exact) mass is 291 g/mol. The summed E-state index contributed by atoms with van der Waals surface area (Å²) in [6, 6.07) is 0. The number of halogens is 3. The second kappa shape index (κ2) is 8.87. The molecule has 0 fully saturated rings. The Balaban J connectivity index is 2.30. The molecule has 0 radical (unpaired) electrons. The maximum absolute atomic E-state index is 12.1. The highest BCUT2D eigenvalue weighted by Crippen LogP contribution is 2.20. The summed E-state index contributed by atoms with van der Waals surface area (Å²) in [5.41, 5.74) is 1.44. The number of rotatable bonds is 6. The molecule has 0 spiro atoms. The molecule has 1 aliphatic rings. The van der Waals surface area contributed by atoms with E-state index in [4.69, 9.17) is 0 Å². The Labute approximate surface area is 118 Å². The van der Waals surface area contributed by atoms with E-state index in [-0.39, 0.29) is 6.54 Å². The molecule has 1 rings (SSSR count). The lowest BCUT2D eigenvalue weighted by atomic mass is 9.97. The van der Waals surface area contributed by atoms with E-state index in [2.05, 4.69) is 21.7 Å². The van der Waals surface area contributed by atoms with E-state index in [0.29, 0.717) is 19.0 Å². The van der Waals surface area contributed by atoms with Crippen molar-refractivity contribution in [2.75, 3.05) is 19.6 Å². The van der Waals surface area contributed by atoms with Gasteiger partial charge in [0.1, 0.15) is 0 Å². The smallest absolute Gasteiger partial charge is 0.357 e. The van der Waals surface area contributed by atoms with Crippen LogP contribution in [-0.4, -0.2) is 31.8 Å². The molecule has 6 heteroatoms. The normalized spacial score (nSPS) is 16.8. The average Bonchev–Trinajstić information content (AvgIpc) is 2.38. The van der Waals surface area contributed by atoms with Gasteiger partial charge in [-0.05, 0) is 39.0 Å². The van der Waals surface area contributed by atoms with Crippen LogP contribution in [0, 0.1) is 0 Å². The predicted molar refractivity (Wildman–Crippen MR) is 75.8 cm³/mol. The van der Waals surface area contributed by atoms with Crippen LogP contribution in [0.4, 0.5) is 13.2 Å². The molecule has 0 aromatic carbocycles. The lowest BCUT2D eigenvalue weighted by molar-refractivity contribution is -0.132. The molecular formula is C14H24F3N3. The summed E-state index contributed by atoms with van der Waals surface area (Å²) in [5, 5.41) is 6.04. The fourth-order valence-electron chi connectivity index (χ4n) is 2.11. The van der Waals surface area contributed by atoms with Gasteiger partial charge in [0, 0.05) is 13.1 Å². The van der Waals surface area contributed by atoms with Crippen LogP contribution in [0.3, 0.4) is 0 Å². The van der Waals surface area contributed by atoms with Crippen molar-refractivity contribution in [3.05, 3.63) is 11.6 Å². The molecule has 1 aliphatic carbocycles. The molecule has 0 aliphatic heterocycles. The number of allylic oxidation sites excluding steroid dienone is 1. The van der Waals surface area contributed by atoms with Crippen LogP contribution in [0.5, 0.6) is 0 Å². The maximum atomic E-state index is 12.1. The zero-order valence-corrected chi connectivity index (χ0v) is 12.0. The van der Waals surface area contributed by atoms with Crippen LogP contribution >= 0.6 is 0 Å². The number of hydrogen-bond acceptors (Lipinski definition) is 1. The van der Waals surface area contributed by atoms with Gasteiger partial charge in [0.2, 0.25) is 0 Å². The number of hydrogen-bond donors (Lipinski definition) is 2. The first kappa shape index (κ1) is 16.9. The van der Waals surface area contributed by atoms with E-state index in [1.54, 1.807) is 0 Å². The Morgan fingerprint density at radius 1 is 1.30 bits per heavy atom. The molecule has 0 unspecified atom stereocenters. The van der Waals surface area contributed by atoms with Crippen molar-refractivity contribution in [3.8, 4) is 0 Å². The first-order valence-electron chi connectivity index (χ1n) is 7.28. The van der Waals surface area contributed by atoms with Crippen LogP contribution in [0.15, 0.2) is 16.6 Å². The lowest BCUT2D eigenvalue weighted by Crippen LogP contribution is -2.38. The van der Waals surface area contributed by atoms with E-state index in [0.717, 1.165) is 19.3 Å². The molecule has 116 valence electrons. The fourth-order valence-corrected chi connectivity index (χ4v) is 2.11. The van der Waals surface area contributed by atoms with E-state index in [9.17, 15) is 13.2 Å². The van der Waals surface area contributed by atoms with Crippen LogP contribution < -0.4 is 10.6 Å². The summed E-state index contributed by atoms with van der Waals surface area (Å²) in [6.07, 6.45) is 2.98. The van der Waals surface area contributed by atoms with E-state index >= 15 is 0 Å². The highest BCUT2D eigenvalue weighted by atomic mass is 19.4. The van der Waals surface area contributed by atoms with Gasteiger partial charge in [0.15, 0.2) is 5.96 Å². The van der Waals surface area contributed by atoms with E-state index in [1.807, 2.05) is 6.92 Å². The van der Waals surface area contributed by atoms with Gasteiger partial charge in [-0.2, -0.15) is 13.2 Å². The second-order valence-electron chi connectivity index (χ2n) is 4.91. The topological polar surface area (TPSA) is 36.4 Å². The average molecular weight is 291 g/mol. The molecule has 2 N–H and O–H groups in total. The Hall–Kier alpha value is -1.20. The van der Waals surface area contributed by atoms with Crippen molar-refractivity contribution in [2.24, 2.45) is 4.99 Å². The van der Waals surface area contributed by atoms with Crippen LogP contribution in [0.1, 0.15) is 45.4 Å². The van der Waals surface area contributed by atoms with Crippen molar-refractivity contribution in [1.82, 2.24) is 10.6 Å². The Kier molecular flexibility index (Phi) is 7.47. The minimum Gasteiger partial charge on any atom is -0.357 e. The number of aliphatic imine (C=N–C) groups is 1. The largest absolute Gasteiger partial charge is 0.390 e. The molecular weight excluding hydrogens is 267 g/mol. The molecule has 0 bridgehead atoms. The Morgan fingerprint density at radius 2 is 2.10 bits per heavy atom. The summed E-state index contributed by atoms with van der Waals surface area (Å²) in [6.45, 7) is 3.01. The first-order valence-corrected chi connectivity index (χ1v) is 7.28. The summed E-state index contributed by atoms with van der Waals surface area (Å²) in [5.74, 6) is 0.466. The minimum atomic E-state index is -4.15. The van der Waals surface area contributed by atoms with E-state index < -0.39 is 12.6 Å². The maximum Gasteiger partial charge on any atom is 0.390 e. The van der Waals surface area contributed by atoms with Crippen molar-refractivity contribution >= 4 is 5.96 Å². The lowest BCUT2D eigenvalue weighted by Gasteiger charge is -2.15. The molecule has 0 saturated heterocycles. The molecule has 20 heavy (non-hydrogen) atoms. The molecule has 0 amide bonds. The molecule has 0 atom stereocenters. The van der Waals surface area contributed by atoms with Gasteiger partial charge in [-0.1, -0.05) is 11.6 Å². The van der Waals surface area contributed by atoms with Gasteiger partial charge in [0.05, 0.1) is 13.0 Å². The van der Waals surface area contributed by atoms with Gasteiger partial charge in [-0.15, -0.1) is 0 Å². The predicted octanol–water partition coefficient (Wildman–Crippen LogP) is 3.38. The Bertz CT molecular complexity index is 335. The summed E-state index contributed by atoms with van der Waals surface area (Å²) in [4.78, 5) is 3.94. The molecule has 0 heterocycles. The standard InChI is InChI=1S/C14H24F3N3/c1-2-18-13(20-11-9-14(15,16)17)19-10-8-12-6-4-3-5-7-12/h6H,2-5,7-11H2,1H3,(H2,18,19,20). The number of guanidine groups is 1. The third-order valence-electron chi connectivity index (χ3n) is 3.13. The van der Waals surface area contributed by atoms with E-state index in [1.165, 1.54) is 18.4 Å². The molecule has 0 aromatic rings. The van der Waals surface area contributed by atoms with Crippen LogP contribution in [-0.2, 0) is 0 Å². The van der Waals surface area contributed by atoms with Crippen molar-refractivity contribution in [2.45, 2.75) is 51.6 Å². The number of nitrogens with one attached hydrogen (secondary N) is 2. The Morgan fingerprint density at radius 3 is 2.70 bits per heavy atom. The highest BCUT2D eigenvalue weighted by molar-refractivity contribution is 5.79. The summed E-state index contributed by atoms with van der Waals surface area (Å²) >= 11 is 0. The second-order valence-corrected chi connectivity index (χ2v) is 4.91. The number of nitrogens with zero attached hydrogens (tertiary/aromatic N) is 1. The van der Waals surface area contributed by atoms with Gasteiger partial charge < -0.3 is 10.6 Å². The van der Waals surface area contributed by atoms with Gasteiger partial charge in [-0.25, -0.2) is 0 Å². The minimum absolute atomic E-state index is 0.235. The first-order chi connectivity index (χ1) is 9.51. The van der Waals surface area contributed by atoms with Crippen molar-refractivity contribution in [3.63, 3.8) is 0 Å². The van der Waals surface area contributed by atoms with Gasteiger partial charge in [0.25, 0.3) is 0 Å².